The van der Waals surface area contributed by atoms with Crippen LogP contribution in [0.4, 0.5) is 0 Å². The van der Waals surface area contributed by atoms with Crippen LogP contribution < -0.4 is 5.32 Å². The molecule has 1 saturated carbocycles. The monoisotopic (exact) mass is 364 g/mol. The molecule has 1 N–H and O–H groups in total. The minimum atomic E-state index is 0.443. The van der Waals surface area contributed by atoms with Crippen molar-refractivity contribution < 1.29 is 0 Å². The first kappa shape index (κ1) is 15.0. The molecule has 110 valence electrons. The topological polar surface area (TPSA) is 24.9 Å². The van der Waals surface area contributed by atoms with Gasteiger partial charge in [0.1, 0.15) is 0 Å². The summed E-state index contributed by atoms with van der Waals surface area (Å²) in [5.74, 6) is 0.443. The number of rotatable bonds is 6. The Labute approximate surface area is 139 Å². The van der Waals surface area contributed by atoms with Crippen molar-refractivity contribution in [3.8, 4) is 0 Å². The molecule has 3 rings (SSSR count). The zero-order valence-corrected chi connectivity index (χ0v) is 14.1. The molecule has 21 heavy (non-hydrogen) atoms. The summed E-state index contributed by atoms with van der Waals surface area (Å²) in [6.07, 6.45) is 7.37. The van der Waals surface area contributed by atoms with Crippen molar-refractivity contribution in [2.75, 3.05) is 6.54 Å². The Morgan fingerprint density at radius 2 is 2.00 bits per heavy atom. The quantitative estimate of drug-likeness (QED) is 0.810. The van der Waals surface area contributed by atoms with Crippen LogP contribution in [-0.2, 0) is 6.42 Å². The first-order valence-electron chi connectivity index (χ1n) is 7.29. The Kier molecular flexibility index (Phi) is 4.94. The molecular weight excluding hydrogens is 348 g/mol. The van der Waals surface area contributed by atoms with Gasteiger partial charge in [0.05, 0.1) is 0 Å². The van der Waals surface area contributed by atoms with Crippen LogP contribution in [0.3, 0.4) is 0 Å². The molecule has 0 saturated heterocycles. The molecule has 0 radical (unpaired) electrons. The summed E-state index contributed by atoms with van der Waals surface area (Å²) in [7, 11) is 0. The van der Waals surface area contributed by atoms with E-state index in [-0.39, 0.29) is 0 Å². The zero-order valence-electron chi connectivity index (χ0n) is 11.7. The maximum Gasteiger partial charge on any atom is 0.0410 e. The van der Waals surface area contributed by atoms with Gasteiger partial charge in [-0.2, -0.15) is 0 Å². The van der Waals surface area contributed by atoms with Crippen molar-refractivity contribution in [3.63, 3.8) is 0 Å². The minimum Gasteiger partial charge on any atom is -0.313 e. The number of hydrogen-bond acceptors (Lipinski definition) is 2. The maximum atomic E-state index is 6.00. The van der Waals surface area contributed by atoms with Crippen molar-refractivity contribution in [1.29, 1.82) is 0 Å². The third kappa shape index (κ3) is 4.53. The minimum absolute atomic E-state index is 0.443. The second-order valence-electron chi connectivity index (χ2n) is 5.65. The second kappa shape index (κ2) is 6.91. The second-order valence-corrected chi connectivity index (χ2v) is 7.00. The molecule has 0 bridgehead atoms. The van der Waals surface area contributed by atoms with Crippen molar-refractivity contribution in [2.45, 2.75) is 31.2 Å². The lowest BCUT2D eigenvalue weighted by Crippen LogP contribution is -2.24. The van der Waals surface area contributed by atoms with Crippen LogP contribution >= 0.6 is 27.5 Å². The molecule has 1 atom stereocenters. The van der Waals surface area contributed by atoms with Gasteiger partial charge in [-0.15, -0.1) is 0 Å². The zero-order chi connectivity index (χ0) is 14.7. The van der Waals surface area contributed by atoms with Gasteiger partial charge < -0.3 is 5.32 Å². The molecule has 2 nitrogen and oxygen atoms in total. The first-order valence-corrected chi connectivity index (χ1v) is 8.46. The lowest BCUT2D eigenvalue weighted by Gasteiger charge is -2.18. The molecule has 1 aliphatic carbocycles. The van der Waals surface area contributed by atoms with Crippen LogP contribution in [0.15, 0.2) is 47.2 Å². The van der Waals surface area contributed by atoms with Gasteiger partial charge in [-0.05, 0) is 64.5 Å². The highest BCUT2D eigenvalue weighted by atomic mass is 79.9. The van der Waals surface area contributed by atoms with E-state index in [9.17, 15) is 0 Å². The van der Waals surface area contributed by atoms with Gasteiger partial charge in [0.25, 0.3) is 0 Å². The van der Waals surface area contributed by atoms with E-state index in [1.807, 2.05) is 24.5 Å². The third-order valence-electron chi connectivity index (χ3n) is 3.82. The number of hydrogen-bond donors (Lipinski definition) is 1. The molecule has 1 aromatic heterocycles. The third-order valence-corrected chi connectivity index (χ3v) is 4.50. The van der Waals surface area contributed by atoms with E-state index in [4.69, 9.17) is 11.6 Å². The Balaban J connectivity index is 1.75. The molecule has 0 spiro atoms. The molecule has 1 aliphatic rings. The molecule has 1 heterocycles. The van der Waals surface area contributed by atoms with Crippen LogP contribution in [0.2, 0.25) is 5.02 Å². The average molecular weight is 366 g/mol. The van der Waals surface area contributed by atoms with Crippen LogP contribution in [0.5, 0.6) is 0 Å². The van der Waals surface area contributed by atoms with Crippen molar-refractivity contribution in [3.05, 3.63) is 63.3 Å². The number of nitrogens with one attached hydrogen (secondary N) is 1. The molecule has 2 aromatic rings. The van der Waals surface area contributed by atoms with Crippen LogP contribution in [-0.4, -0.2) is 17.6 Å². The summed E-state index contributed by atoms with van der Waals surface area (Å²) in [6.45, 7) is 0.999. The fourth-order valence-electron chi connectivity index (χ4n) is 2.49. The SMILES string of the molecule is Clc1ccc(C(CNC2CC2)Cc2cncc(Br)c2)cc1. The van der Waals surface area contributed by atoms with Gasteiger partial charge in [0.2, 0.25) is 0 Å². The Bertz CT molecular complexity index is 596. The van der Waals surface area contributed by atoms with Gasteiger partial charge in [-0.1, -0.05) is 23.7 Å². The summed E-state index contributed by atoms with van der Waals surface area (Å²) >= 11 is 9.50. The van der Waals surface area contributed by atoms with Crippen molar-refractivity contribution in [1.82, 2.24) is 10.3 Å². The van der Waals surface area contributed by atoms with Gasteiger partial charge in [-0.3, -0.25) is 4.98 Å². The van der Waals surface area contributed by atoms with E-state index in [0.717, 1.165) is 28.5 Å². The van der Waals surface area contributed by atoms with Gasteiger partial charge in [0.15, 0.2) is 0 Å². The van der Waals surface area contributed by atoms with E-state index in [1.165, 1.54) is 24.0 Å². The maximum absolute atomic E-state index is 6.00. The highest BCUT2D eigenvalue weighted by molar-refractivity contribution is 9.10. The lowest BCUT2D eigenvalue weighted by molar-refractivity contribution is 0.576. The number of pyridine rings is 1. The Hall–Kier alpha value is -0.900. The van der Waals surface area contributed by atoms with E-state index in [0.29, 0.717) is 5.92 Å². The highest BCUT2D eigenvalue weighted by Gasteiger charge is 2.22. The van der Waals surface area contributed by atoms with E-state index in [1.54, 1.807) is 0 Å². The largest absolute Gasteiger partial charge is 0.313 e. The van der Waals surface area contributed by atoms with Crippen LogP contribution in [0, 0.1) is 0 Å². The summed E-state index contributed by atoms with van der Waals surface area (Å²) in [5, 5.41) is 4.43. The lowest BCUT2D eigenvalue weighted by atomic mass is 9.92. The molecule has 1 aromatic carbocycles. The predicted molar refractivity (Wildman–Crippen MR) is 90.9 cm³/mol. The summed E-state index contributed by atoms with van der Waals surface area (Å²) < 4.78 is 1.03. The number of nitrogens with zero attached hydrogens (tertiary/aromatic N) is 1. The molecule has 0 amide bonds. The van der Waals surface area contributed by atoms with Crippen LogP contribution in [0.25, 0.3) is 0 Å². The smallest absolute Gasteiger partial charge is 0.0410 e. The Morgan fingerprint density at radius 3 is 2.67 bits per heavy atom. The standard InChI is InChI=1S/C17H18BrClN2/c18-15-8-12(9-20-11-15)7-14(10-21-17-5-6-17)13-1-3-16(19)4-2-13/h1-4,8-9,11,14,17,21H,5-7,10H2. The number of benzene rings is 1. The van der Waals surface area contributed by atoms with E-state index >= 15 is 0 Å². The molecule has 0 aliphatic heterocycles. The van der Waals surface area contributed by atoms with Crippen molar-refractivity contribution in [2.24, 2.45) is 0 Å². The molecule has 1 fully saturated rings. The van der Waals surface area contributed by atoms with Gasteiger partial charge in [0, 0.05) is 40.4 Å². The Morgan fingerprint density at radius 1 is 1.24 bits per heavy atom. The summed E-state index contributed by atoms with van der Waals surface area (Å²) in [5.41, 5.74) is 2.58. The molecular formula is C17H18BrClN2. The highest BCUT2D eigenvalue weighted by Crippen LogP contribution is 2.25. The van der Waals surface area contributed by atoms with Gasteiger partial charge in [-0.25, -0.2) is 0 Å². The summed E-state index contributed by atoms with van der Waals surface area (Å²) in [4.78, 5) is 4.26. The number of aromatic nitrogens is 1. The average Bonchev–Trinajstić information content (AvgIpc) is 3.29. The fourth-order valence-corrected chi connectivity index (χ4v) is 3.03. The van der Waals surface area contributed by atoms with E-state index in [2.05, 4.69) is 44.4 Å². The first-order chi connectivity index (χ1) is 10.2. The van der Waals surface area contributed by atoms with Gasteiger partial charge >= 0.3 is 0 Å². The summed E-state index contributed by atoms with van der Waals surface area (Å²) in [6, 6.07) is 11.1. The van der Waals surface area contributed by atoms with E-state index < -0.39 is 0 Å². The fraction of sp³-hybridized carbons (Fsp3) is 0.353. The van der Waals surface area contributed by atoms with Crippen LogP contribution in [0.1, 0.15) is 29.9 Å². The van der Waals surface area contributed by atoms with Crippen molar-refractivity contribution >= 4 is 27.5 Å². The molecule has 1 unspecified atom stereocenters. The predicted octanol–water partition coefficient (Wildman–Crippen LogP) is 4.58. The normalized spacial score (nSPS) is 15.9. The number of halogens is 2. The molecule has 4 heteroatoms.